The topological polar surface area (TPSA) is 41.1 Å². The molecular formula is C13H24N2O. The molecule has 1 unspecified atom stereocenters. The number of nitrogens with one attached hydrogen (secondary N) is 2. The van der Waals surface area contributed by atoms with Crippen LogP contribution in [-0.4, -0.2) is 25.5 Å². The molecule has 3 nitrogen and oxygen atoms in total. The Balaban J connectivity index is 2.51. The zero-order chi connectivity index (χ0) is 12.0. The first kappa shape index (κ1) is 13.2. The fourth-order valence-corrected chi connectivity index (χ4v) is 2.28. The summed E-state index contributed by atoms with van der Waals surface area (Å²) in [6.07, 6.45) is 5.08. The Morgan fingerprint density at radius 3 is 2.75 bits per heavy atom. The first-order chi connectivity index (χ1) is 7.60. The average Bonchev–Trinajstić information content (AvgIpc) is 2.67. The minimum atomic E-state index is -0.149. The zero-order valence-electron chi connectivity index (χ0n) is 10.7. The van der Waals surface area contributed by atoms with Gasteiger partial charge in [-0.3, -0.25) is 4.79 Å². The molecule has 2 N–H and O–H groups in total. The van der Waals surface area contributed by atoms with Crippen molar-refractivity contribution in [3.05, 3.63) is 11.6 Å². The van der Waals surface area contributed by atoms with E-state index in [2.05, 4.69) is 23.6 Å². The standard InChI is InChI=1S/C13H24N2O/c1-4-6-13(7-9-14-10-13)12(16)15-8-5-11(2)3/h5,14H,4,6-10H2,1-3H3,(H,15,16). The van der Waals surface area contributed by atoms with E-state index in [0.717, 1.165) is 32.4 Å². The van der Waals surface area contributed by atoms with Crippen LogP contribution >= 0.6 is 0 Å². The summed E-state index contributed by atoms with van der Waals surface area (Å²) in [5.41, 5.74) is 1.10. The minimum Gasteiger partial charge on any atom is -0.352 e. The Morgan fingerprint density at radius 1 is 1.50 bits per heavy atom. The summed E-state index contributed by atoms with van der Waals surface area (Å²) in [7, 11) is 0. The van der Waals surface area contributed by atoms with Crippen molar-refractivity contribution in [1.82, 2.24) is 10.6 Å². The maximum atomic E-state index is 12.2. The summed E-state index contributed by atoms with van der Waals surface area (Å²) in [6.45, 7) is 8.70. The smallest absolute Gasteiger partial charge is 0.227 e. The van der Waals surface area contributed by atoms with E-state index >= 15 is 0 Å². The molecule has 1 fully saturated rings. The molecule has 1 aliphatic rings. The van der Waals surface area contributed by atoms with Crippen LogP contribution in [0.3, 0.4) is 0 Å². The zero-order valence-corrected chi connectivity index (χ0v) is 10.7. The normalized spacial score (nSPS) is 24.2. The van der Waals surface area contributed by atoms with Crippen LogP contribution in [0.25, 0.3) is 0 Å². The molecule has 0 saturated carbocycles. The summed E-state index contributed by atoms with van der Waals surface area (Å²) >= 11 is 0. The molecule has 1 aliphatic heterocycles. The van der Waals surface area contributed by atoms with E-state index in [0.29, 0.717) is 6.54 Å². The number of rotatable bonds is 5. The van der Waals surface area contributed by atoms with E-state index in [4.69, 9.17) is 0 Å². The first-order valence-corrected chi connectivity index (χ1v) is 6.23. The van der Waals surface area contributed by atoms with Gasteiger partial charge in [-0.15, -0.1) is 0 Å². The number of carbonyl (C=O) groups excluding carboxylic acids is 1. The molecule has 1 atom stereocenters. The van der Waals surface area contributed by atoms with Gasteiger partial charge in [-0.1, -0.05) is 25.0 Å². The van der Waals surface area contributed by atoms with E-state index in [9.17, 15) is 4.79 Å². The molecule has 1 heterocycles. The van der Waals surface area contributed by atoms with Gasteiger partial charge in [0.05, 0.1) is 5.41 Å². The molecule has 0 aliphatic carbocycles. The number of amides is 1. The summed E-state index contributed by atoms with van der Waals surface area (Å²) in [5.74, 6) is 0.219. The minimum absolute atomic E-state index is 0.149. The fourth-order valence-electron chi connectivity index (χ4n) is 2.28. The summed E-state index contributed by atoms with van der Waals surface area (Å²) < 4.78 is 0. The highest BCUT2D eigenvalue weighted by Crippen LogP contribution is 2.31. The molecular weight excluding hydrogens is 200 g/mol. The van der Waals surface area contributed by atoms with E-state index in [-0.39, 0.29) is 11.3 Å². The van der Waals surface area contributed by atoms with Gasteiger partial charge in [-0.25, -0.2) is 0 Å². The van der Waals surface area contributed by atoms with Crippen LogP contribution in [0.1, 0.15) is 40.0 Å². The molecule has 1 rings (SSSR count). The van der Waals surface area contributed by atoms with Crippen molar-refractivity contribution in [1.29, 1.82) is 0 Å². The number of hydrogen-bond donors (Lipinski definition) is 2. The highest BCUT2D eigenvalue weighted by atomic mass is 16.2. The molecule has 0 radical (unpaired) electrons. The molecule has 0 bridgehead atoms. The van der Waals surface area contributed by atoms with Gasteiger partial charge in [0.1, 0.15) is 0 Å². The van der Waals surface area contributed by atoms with Gasteiger partial charge in [0.25, 0.3) is 0 Å². The van der Waals surface area contributed by atoms with Crippen LogP contribution in [0.15, 0.2) is 11.6 Å². The van der Waals surface area contributed by atoms with E-state index in [1.807, 2.05) is 13.8 Å². The lowest BCUT2D eigenvalue weighted by Crippen LogP contribution is -2.42. The van der Waals surface area contributed by atoms with Crippen LogP contribution < -0.4 is 10.6 Å². The van der Waals surface area contributed by atoms with Gasteiger partial charge in [-0.2, -0.15) is 0 Å². The lowest BCUT2D eigenvalue weighted by atomic mass is 9.81. The van der Waals surface area contributed by atoms with Gasteiger partial charge in [-0.05, 0) is 33.2 Å². The molecule has 0 aromatic rings. The van der Waals surface area contributed by atoms with Gasteiger partial charge >= 0.3 is 0 Å². The fraction of sp³-hybridized carbons (Fsp3) is 0.769. The highest BCUT2D eigenvalue weighted by Gasteiger charge is 2.39. The SMILES string of the molecule is CCCC1(C(=O)NCC=C(C)C)CCNC1. The van der Waals surface area contributed by atoms with E-state index in [1.165, 1.54) is 5.57 Å². The Kier molecular flexibility index (Phi) is 5.00. The molecule has 0 spiro atoms. The Bertz CT molecular complexity index is 261. The molecule has 16 heavy (non-hydrogen) atoms. The summed E-state index contributed by atoms with van der Waals surface area (Å²) in [4.78, 5) is 12.2. The number of carbonyl (C=O) groups is 1. The first-order valence-electron chi connectivity index (χ1n) is 6.23. The van der Waals surface area contributed by atoms with Crippen LogP contribution in [0, 0.1) is 5.41 Å². The third-order valence-corrected chi connectivity index (χ3v) is 3.23. The van der Waals surface area contributed by atoms with Gasteiger partial charge in [0, 0.05) is 13.1 Å². The maximum Gasteiger partial charge on any atom is 0.227 e. The van der Waals surface area contributed by atoms with Crippen molar-refractivity contribution in [3.63, 3.8) is 0 Å². The third-order valence-electron chi connectivity index (χ3n) is 3.23. The molecule has 1 saturated heterocycles. The van der Waals surface area contributed by atoms with Gasteiger partial charge in [0.2, 0.25) is 5.91 Å². The number of hydrogen-bond acceptors (Lipinski definition) is 2. The van der Waals surface area contributed by atoms with Crippen LogP contribution in [0.4, 0.5) is 0 Å². The Hall–Kier alpha value is -0.830. The highest BCUT2D eigenvalue weighted by molar-refractivity contribution is 5.83. The van der Waals surface area contributed by atoms with E-state index < -0.39 is 0 Å². The second-order valence-electron chi connectivity index (χ2n) is 4.95. The molecule has 0 aromatic heterocycles. The summed E-state index contributed by atoms with van der Waals surface area (Å²) in [6, 6.07) is 0. The van der Waals surface area contributed by atoms with Gasteiger partial charge < -0.3 is 10.6 Å². The molecule has 3 heteroatoms. The van der Waals surface area contributed by atoms with E-state index in [1.54, 1.807) is 0 Å². The van der Waals surface area contributed by atoms with Crippen LogP contribution in [0.2, 0.25) is 0 Å². The second kappa shape index (κ2) is 6.04. The predicted molar refractivity (Wildman–Crippen MR) is 67.3 cm³/mol. The number of allylic oxidation sites excluding steroid dienone is 1. The molecule has 1 amide bonds. The largest absolute Gasteiger partial charge is 0.352 e. The quantitative estimate of drug-likeness (QED) is 0.700. The van der Waals surface area contributed by atoms with Crippen molar-refractivity contribution in [2.24, 2.45) is 5.41 Å². The van der Waals surface area contributed by atoms with Crippen molar-refractivity contribution in [2.75, 3.05) is 19.6 Å². The second-order valence-corrected chi connectivity index (χ2v) is 4.95. The Morgan fingerprint density at radius 2 is 2.25 bits per heavy atom. The van der Waals surface area contributed by atoms with Crippen molar-refractivity contribution >= 4 is 5.91 Å². The lowest BCUT2D eigenvalue weighted by Gasteiger charge is -2.26. The Labute approximate surface area is 98.7 Å². The van der Waals surface area contributed by atoms with Crippen molar-refractivity contribution in [3.8, 4) is 0 Å². The maximum absolute atomic E-state index is 12.2. The molecule has 0 aromatic carbocycles. The van der Waals surface area contributed by atoms with Gasteiger partial charge in [0.15, 0.2) is 0 Å². The van der Waals surface area contributed by atoms with Crippen molar-refractivity contribution < 1.29 is 4.79 Å². The monoisotopic (exact) mass is 224 g/mol. The predicted octanol–water partition coefficient (Wildman–Crippen LogP) is 1.85. The summed E-state index contributed by atoms with van der Waals surface area (Å²) in [5, 5.41) is 6.33. The average molecular weight is 224 g/mol. The molecule has 92 valence electrons. The van der Waals surface area contributed by atoms with Crippen LogP contribution in [0.5, 0.6) is 0 Å². The lowest BCUT2D eigenvalue weighted by molar-refractivity contribution is -0.130. The van der Waals surface area contributed by atoms with Crippen molar-refractivity contribution in [2.45, 2.75) is 40.0 Å². The van der Waals surface area contributed by atoms with Crippen LogP contribution in [-0.2, 0) is 4.79 Å². The third kappa shape index (κ3) is 3.34.